The number of benzene rings is 2. The molecule has 22 heavy (non-hydrogen) atoms. The Labute approximate surface area is 129 Å². The number of hydrogen-bond donors (Lipinski definition) is 0. The Morgan fingerprint density at radius 2 is 1.68 bits per heavy atom. The van der Waals surface area contributed by atoms with Crippen LogP contribution in [0.3, 0.4) is 0 Å². The van der Waals surface area contributed by atoms with E-state index in [9.17, 15) is 9.59 Å². The number of allylic oxidation sites excluding steroid dienone is 4. The molecule has 1 unspecified atom stereocenters. The van der Waals surface area contributed by atoms with Gasteiger partial charge in [0.05, 0.1) is 0 Å². The summed E-state index contributed by atoms with van der Waals surface area (Å²) in [6.07, 6.45) is 5.07. The van der Waals surface area contributed by atoms with Crippen LogP contribution in [0.15, 0.2) is 48.1 Å². The number of hydrogen-bond acceptors (Lipinski definition) is 2. The summed E-state index contributed by atoms with van der Waals surface area (Å²) < 4.78 is 0. The first kappa shape index (κ1) is 13.2. The van der Waals surface area contributed by atoms with Crippen LogP contribution in [0.1, 0.15) is 28.2 Å². The summed E-state index contributed by atoms with van der Waals surface area (Å²) in [5.74, 6) is -0.130. The van der Waals surface area contributed by atoms with E-state index in [1.54, 1.807) is 0 Å². The van der Waals surface area contributed by atoms with Crippen LogP contribution in [0.2, 0.25) is 0 Å². The predicted octanol–water partition coefficient (Wildman–Crippen LogP) is 3.73. The smallest absolute Gasteiger partial charge is 0.182 e. The van der Waals surface area contributed by atoms with Crippen molar-refractivity contribution in [3.63, 3.8) is 0 Å². The summed E-state index contributed by atoms with van der Waals surface area (Å²) in [5.41, 5.74) is 5.53. The van der Waals surface area contributed by atoms with Crippen molar-refractivity contribution in [1.29, 1.82) is 0 Å². The second-order valence-electron chi connectivity index (χ2n) is 6.33. The van der Waals surface area contributed by atoms with Gasteiger partial charge in [-0.3, -0.25) is 9.59 Å². The zero-order valence-electron chi connectivity index (χ0n) is 12.6. The standard InChI is InChI=1S/C20H16O2/c1-11-5-13-7-12(2)8-18-16(9-14(6-11)20(13)18)17-10-15(21)3-4-19(17)22/h3-8,10,16H,9H2,1-2H3. The maximum Gasteiger partial charge on any atom is 0.182 e. The number of rotatable bonds is 1. The Bertz CT molecular complexity index is 908. The van der Waals surface area contributed by atoms with Gasteiger partial charge in [0.2, 0.25) is 0 Å². The van der Waals surface area contributed by atoms with E-state index in [4.69, 9.17) is 0 Å². The van der Waals surface area contributed by atoms with E-state index in [-0.39, 0.29) is 17.5 Å². The number of carbonyl (C=O) groups excluding carboxylic acids is 2. The van der Waals surface area contributed by atoms with Crippen LogP contribution in [0.4, 0.5) is 0 Å². The molecular formula is C20H16O2. The van der Waals surface area contributed by atoms with Crippen molar-refractivity contribution >= 4 is 22.3 Å². The zero-order chi connectivity index (χ0) is 15.4. The SMILES string of the molecule is Cc1cc2c3c(cc(C)cc3c1)C(C1=CC(=O)C=CC1=O)C2. The van der Waals surface area contributed by atoms with Gasteiger partial charge in [-0.1, -0.05) is 35.4 Å². The molecule has 1 atom stereocenters. The largest absolute Gasteiger partial charge is 0.290 e. The Morgan fingerprint density at radius 3 is 2.45 bits per heavy atom. The highest BCUT2D eigenvalue weighted by molar-refractivity contribution is 6.18. The van der Waals surface area contributed by atoms with Crippen molar-refractivity contribution in [2.75, 3.05) is 0 Å². The second-order valence-corrected chi connectivity index (χ2v) is 6.33. The Kier molecular flexibility index (Phi) is 2.70. The number of ketones is 2. The summed E-state index contributed by atoms with van der Waals surface area (Å²) in [7, 11) is 0. The highest BCUT2D eigenvalue weighted by Gasteiger charge is 2.31. The highest BCUT2D eigenvalue weighted by Crippen LogP contribution is 2.43. The average molecular weight is 288 g/mol. The van der Waals surface area contributed by atoms with Gasteiger partial charge in [0, 0.05) is 11.5 Å². The van der Waals surface area contributed by atoms with Gasteiger partial charge in [0.15, 0.2) is 11.6 Å². The maximum atomic E-state index is 12.2. The fraction of sp³-hybridized carbons (Fsp3) is 0.200. The van der Waals surface area contributed by atoms with Crippen LogP contribution < -0.4 is 0 Å². The van der Waals surface area contributed by atoms with Crippen molar-refractivity contribution in [2.24, 2.45) is 0 Å². The molecule has 2 aromatic rings. The molecule has 0 aromatic heterocycles. The predicted molar refractivity (Wildman–Crippen MR) is 87.1 cm³/mol. The summed E-state index contributed by atoms with van der Waals surface area (Å²) in [4.78, 5) is 23.9. The molecule has 2 aliphatic rings. The van der Waals surface area contributed by atoms with Gasteiger partial charge in [-0.05, 0) is 60.4 Å². The quantitative estimate of drug-likeness (QED) is 0.749. The third-order valence-corrected chi connectivity index (χ3v) is 4.61. The summed E-state index contributed by atoms with van der Waals surface area (Å²) in [5, 5.41) is 2.50. The molecule has 2 nitrogen and oxygen atoms in total. The van der Waals surface area contributed by atoms with Crippen molar-refractivity contribution in [2.45, 2.75) is 26.2 Å². The summed E-state index contributed by atoms with van der Waals surface area (Å²) >= 11 is 0. The van der Waals surface area contributed by atoms with Crippen LogP contribution in [0, 0.1) is 13.8 Å². The second kappa shape index (κ2) is 4.51. The van der Waals surface area contributed by atoms with Crippen LogP contribution in [0.5, 0.6) is 0 Å². The van der Waals surface area contributed by atoms with E-state index < -0.39 is 0 Å². The minimum absolute atomic E-state index is 0.000556. The monoisotopic (exact) mass is 288 g/mol. The molecule has 2 heteroatoms. The third kappa shape index (κ3) is 1.87. The number of carbonyl (C=O) groups is 2. The molecule has 0 spiro atoms. The fourth-order valence-corrected chi connectivity index (χ4v) is 3.80. The maximum absolute atomic E-state index is 12.2. The van der Waals surface area contributed by atoms with Crippen LogP contribution in [-0.4, -0.2) is 11.6 Å². The van der Waals surface area contributed by atoms with Gasteiger partial charge >= 0.3 is 0 Å². The van der Waals surface area contributed by atoms with Gasteiger partial charge in [-0.25, -0.2) is 0 Å². The Morgan fingerprint density at radius 1 is 0.955 bits per heavy atom. The minimum atomic E-state index is -0.0920. The molecule has 2 aromatic carbocycles. The summed E-state index contributed by atoms with van der Waals surface area (Å²) in [6.45, 7) is 4.18. The molecule has 0 radical (unpaired) electrons. The fourth-order valence-electron chi connectivity index (χ4n) is 3.80. The lowest BCUT2D eigenvalue weighted by Gasteiger charge is -2.16. The molecule has 0 bridgehead atoms. The minimum Gasteiger partial charge on any atom is -0.290 e. The lowest BCUT2D eigenvalue weighted by molar-refractivity contribution is -0.114. The van der Waals surface area contributed by atoms with E-state index >= 15 is 0 Å². The van der Waals surface area contributed by atoms with Gasteiger partial charge < -0.3 is 0 Å². The molecule has 2 aliphatic carbocycles. The zero-order valence-corrected chi connectivity index (χ0v) is 12.6. The van der Waals surface area contributed by atoms with Gasteiger partial charge in [0.1, 0.15) is 0 Å². The molecule has 0 aliphatic heterocycles. The number of aryl methyl sites for hydroxylation is 2. The van der Waals surface area contributed by atoms with Gasteiger partial charge in [0.25, 0.3) is 0 Å². The third-order valence-electron chi connectivity index (χ3n) is 4.61. The van der Waals surface area contributed by atoms with Crippen molar-refractivity contribution in [1.82, 2.24) is 0 Å². The first-order chi connectivity index (χ1) is 10.5. The molecule has 108 valence electrons. The van der Waals surface area contributed by atoms with Gasteiger partial charge in [-0.2, -0.15) is 0 Å². The molecular weight excluding hydrogens is 272 g/mol. The molecule has 0 N–H and O–H groups in total. The normalized spacial score (nSPS) is 19.9. The van der Waals surface area contributed by atoms with E-state index in [1.165, 1.54) is 51.3 Å². The van der Waals surface area contributed by atoms with Gasteiger partial charge in [-0.15, -0.1) is 0 Å². The van der Waals surface area contributed by atoms with Crippen LogP contribution in [0.25, 0.3) is 10.8 Å². The molecule has 0 amide bonds. The lowest BCUT2D eigenvalue weighted by Crippen LogP contribution is -2.14. The molecule has 0 heterocycles. The van der Waals surface area contributed by atoms with Crippen molar-refractivity contribution < 1.29 is 9.59 Å². The topological polar surface area (TPSA) is 34.1 Å². The molecule has 4 rings (SSSR count). The van der Waals surface area contributed by atoms with E-state index in [0.29, 0.717) is 5.57 Å². The Balaban J connectivity index is 1.95. The molecule has 0 saturated carbocycles. The van der Waals surface area contributed by atoms with E-state index in [2.05, 4.69) is 38.1 Å². The molecule has 0 fully saturated rings. The van der Waals surface area contributed by atoms with E-state index in [0.717, 1.165) is 6.42 Å². The first-order valence-corrected chi connectivity index (χ1v) is 7.54. The van der Waals surface area contributed by atoms with Crippen molar-refractivity contribution in [3.8, 4) is 0 Å². The highest BCUT2D eigenvalue weighted by atomic mass is 16.1. The Hall–Kier alpha value is -2.48. The average Bonchev–Trinajstić information content (AvgIpc) is 2.80. The van der Waals surface area contributed by atoms with Crippen LogP contribution >= 0.6 is 0 Å². The molecule has 0 saturated heterocycles. The van der Waals surface area contributed by atoms with Crippen molar-refractivity contribution in [3.05, 3.63) is 70.3 Å². The lowest BCUT2D eigenvalue weighted by atomic mass is 9.86. The summed E-state index contributed by atoms with van der Waals surface area (Å²) in [6, 6.07) is 8.75. The van der Waals surface area contributed by atoms with Crippen LogP contribution in [-0.2, 0) is 16.0 Å². The first-order valence-electron chi connectivity index (χ1n) is 7.54. The van der Waals surface area contributed by atoms with E-state index in [1.807, 2.05) is 0 Å².